The highest BCUT2D eigenvalue weighted by Crippen LogP contribution is 2.24. The minimum Gasteiger partial charge on any atom is -0.483 e. The van der Waals surface area contributed by atoms with Gasteiger partial charge in [-0.05, 0) is 38.8 Å². The average Bonchev–Trinajstić information content (AvgIpc) is 2.40. The van der Waals surface area contributed by atoms with Gasteiger partial charge in [-0.3, -0.25) is 4.79 Å². The van der Waals surface area contributed by atoms with Gasteiger partial charge in [-0.2, -0.15) is 0 Å². The van der Waals surface area contributed by atoms with Gasteiger partial charge in [0.25, 0.3) is 5.91 Å². The number of benzene rings is 1. The van der Waals surface area contributed by atoms with E-state index in [1.807, 2.05) is 20.8 Å². The second-order valence-electron chi connectivity index (χ2n) is 5.09. The fourth-order valence-corrected chi connectivity index (χ4v) is 2.00. The molecule has 1 amide bonds. The van der Waals surface area contributed by atoms with E-state index in [0.29, 0.717) is 17.2 Å². The fourth-order valence-electron chi connectivity index (χ4n) is 1.83. The van der Waals surface area contributed by atoms with Gasteiger partial charge in [0.15, 0.2) is 6.61 Å². The van der Waals surface area contributed by atoms with E-state index < -0.39 is 5.54 Å². The molecule has 5 heteroatoms. The van der Waals surface area contributed by atoms with Gasteiger partial charge in [-0.1, -0.05) is 24.6 Å². The van der Waals surface area contributed by atoms with Crippen molar-refractivity contribution in [3.05, 3.63) is 28.8 Å². The van der Waals surface area contributed by atoms with Crippen LogP contribution in [-0.4, -0.2) is 29.8 Å². The van der Waals surface area contributed by atoms with Crippen molar-refractivity contribution in [2.45, 2.75) is 39.2 Å². The van der Waals surface area contributed by atoms with E-state index in [9.17, 15) is 4.79 Å². The Hall–Kier alpha value is -1.26. The molecule has 0 bridgehead atoms. The Morgan fingerprint density at radius 1 is 1.50 bits per heavy atom. The molecule has 0 aromatic heterocycles. The maximum absolute atomic E-state index is 11.9. The summed E-state index contributed by atoms with van der Waals surface area (Å²) >= 11 is 5.99. The molecule has 1 aromatic rings. The lowest BCUT2D eigenvalue weighted by atomic mass is 9.95. The highest BCUT2D eigenvalue weighted by Gasteiger charge is 2.23. The number of carbonyl (C=O) groups is 1. The fraction of sp³-hybridized carbons (Fsp3) is 0.533. The van der Waals surface area contributed by atoms with Crippen LogP contribution in [0, 0.1) is 6.92 Å². The van der Waals surface area contributed by atoms with Crippen LogP contribution in [0.1, 0.15) is 32.3 Å². The number of rotatable bonds is 7. The zero-order valence-electron chi connectivity index (χ0n) is 12.2. The lowest BCUT2D eigenvalue weighted by Crippen LogP contribution is -2.47. The number of aliphatic hydroxyl groups is 1. The van der Waals surface area contributed by atoms with E-state index in [1.165, 1.54) is 0 Å². The smallest absolute Gasteiger partial charge is 0.258 e. The van der Waals surface area contributed by atoms with Gasteiger partial charge in [0.05, 0.1) is 0 Å². The molecule has 1 atom stereocenters. The van der Waals surface area contributed by atoms with Gasteiger partial charge >= 0.3 is 0 Å². The number of nitrogens with one attached hydrogen (secondary N) is 1. The first kappa shape index (κ1) is 16.8. The number of carbonyl (C=O) groups excluding carboxylic acids is 1. The van der Waals surface area contributed by atoms with Crippen molar-refractivity contribution < 1.29 is 14.6 Å². The molecule has 0 aliphatic rings. The quantitative estimate of drug-likeness (QED) is 0.814. The van der Waals surface area contributed by atoms with Crippen molar-refractivity contribution >= 4 is 17.5 Å². The van der Waals surface area contributed by atoms with Crippen LogP contribution >= 0.6 is 11.6 Å². The van der Waals surface area contributed by atoms with Gasteiger partial charge in [-0.25, -0.2) is 0 Å². The SMILES string of the molecule is CCC(C)(CCO)NC(=O)COc1cccc(Cl)c1C. The Morgan fingerprint density at radius 2 is 2.20 bits per heavy atom. The van der Waals surface area contributed by atoms with Gasteiger partial charge < -0.3 is 15.2 Å². The molecular formula is C15H22ClNO3. The lowest BCUT2D eigenvalue weighted by molar-refractivity contribution is -0.125. The van der Waals surface area contributed by atoms with E-state index in [4.69, 9.17) is 21.4 Å². The van der Waals surface area contributed by atoms with E-state index in [1.54, 1.807) is 18.2 Å². The minimum atomic E-state index is -0.404. The second-order valence-corrected chi connectivity index (χ2v) is 5.49. The zero-order valence-corrected chi connectivity index (χ0v) is 13.0. The molecule has 0 saturated carbocycles. The molecule has 1 aromatic carbocycles. The van der Waals surface area contributed by atoms with Gasteiger partial charge in [-0.15, -0.1) is 0 Å². The van der Waals surface area contributed by atoms with E-state index in [-0.39, 0.29) is 19.1 Å². The van der Waals surface area contributed by atoms with Crippen LogP contribution in [0.5, 0.6) is 5.75 Å². The highest BCUT2D eigenvalue weighted by atomic mass is 35.5. The Kier molecular flexibility index (Phi) is 6.30. The van der Waals surface area contributed by atoms with Crippen molar-refractivity contribution in [1.29, 1.82) is 0 Å². The Balaban J connectivity index is 2.57. The molecule has 1 unspecified atom stereocenters. The molecule has 0 aliphatic heterocycles. The molecular weight excluding hydrogens is 278 g/mol. The molecule has 1 rings (SSSR count). The van der Waals surface area contributed by atoms with Crippen molar-refractivity contribution in [3.63, 3.8) is 0 Å². The molecule has 0 heterocycles. The molecule has 112 valence electrons. The van der Waals surface area contributed by atoms with Crippen LogP contribution in [0.25, 0.3) is 0 Å². The van der Waals surface area contributed by atoms with Crippen LogP contribution < -0.4 is 10.1 Å². The molecule has 20 heavy (non-hydrogen) atoms. The predicted octanol–water partition coefficient (Wildman–Crippen LogP) is 2.69. The van der Waals surface area contributed by atoms with Crippen LogP contribution in [0.15, 0.2) is 18.2 Å². The molecule has 4 nitrogen and oxygen atoms in total. The third-order valence-corrected chi connectivity index (χ3v) is 3.87. The summed E-state index contributed by atoms with van der Waals surface area (Å²) in [7, 11) is 0. The predicted molar refractivity (Wildman–Crippen MR) is 80.2 cm³/mol. The van der Waals surface area contributed by atoms with Gasteiger partial charge in [0, 0.05) is 22.7 Å². The van der Waals surface area contributed by atoms with Crippen LogP contribution in [0.4, 0.5) is 0 Å². The van der Waals surface area contributed by atoms with Crippen molar-refractivity contribution in [2.24, 2.45) is 0 Å². The minimum absolute atomic E-state index is 0.0406. The number of ether oxygens (including phenoxy) is 1. The summed E-state index contributed by atoms with van der Waals surface area (Å²) < 4.78 is 5.49. The summed E-state index contributed by atoms with van der Waals surface area (Å²) in [6.07, 6.45) is 1.26. The summed E-state index contributed by atoms with van der Waals surface area (Å²) in [6.45, 7) is 5.70. The van der Waals surface area contributed by atoms with Crippen molar-refractivity contribution in [1.82, 2.24) is 5.32 Å². The summed E-state index contributed by atoms with van der Waals surface area (Å²) in [4.78, 5) is 11.9. The average molecular weight is 300 g/mol. The molecule has 0 radical (unpaired) electrons. The number of aliphatic hydroxyl groups excluding tert-OH is 1. The maximum Gasteiger partial charge on any atom is 0.258 e. The summed E-state index contributed by atoms with van der Waals surface area (Å²) in [5, 5.41) is 12.5. The Morgan fingerprint density at radius 3 is 2.80 bits per heavy atom. The van der Waals surface area contributed by atoms with Crippen LogP contribution in [0.3, 0.4) is 0 Å². The highest BCUT2D eigenvalue weighted by molar-refractivity contribution is 6.31. The van der Waals surface area contributed by atoms with Crippen LogP contribution in [0.2, 0.25) is 5.02 Å². The standard InChI is InChI=1S/C15H22ClNO3/c1-4-15(3,8-9-18)17-14(19)10-20-13-7-5-6-12(16)11(13)2/h5-7,18H,4,8-10H2,1-3H3,(H,17,19). The molecule has 2 N–H and O–H groups in total. The van der Waals surface area contributed by atoms with Crippen molar-refractivity contribution in [3.8, 4) is 5.75 Å². The largest absolute Gasteiger partial charge is 0.483 e. The topological polar surface area (TPSA) is 58.6 Å². The monoisotopic (exact) mass is 299 g/mol. The van der Waals surface area contributed by atoms with Crippen molar-refractivity contribution in [2.75, 3.05) is 13.2 Å². The zero-order chi connectivity index (χ0) is 15.2. The van der Waals surface area contributed by atoms with Gasteiger partial charge in [0.1, 0.15) is 5.75 Å². The first-order valence-electron chi connectivity index (χ1n) is 6.71. The van der Waals surface area contributed by atoms with E-state index >= 15 is 0 Å². The number of amides is 1. The van der Waals surface area contributed by atoms with Gasteiger partial charge in [0.2, 0.25) is 0 Å². The Bertz CT molecular complexity index is 464. The number of halogens is 1. The lowest BCUT2D eigenvalue weighted by Gasteiger charge is -2.29. The summed E-state index contributed by atoms with van der Waals surface area (Å²) in [5.74, 6) is 0.398. The molecule has 0 aliphatic carbocycles. The Labute approximate surface area is 125 Å². The first-order valence-corrected chi connectivity index (χ1v) is 7.09. The molecule has 0 saturated heterocycles. The number of hydrogen-bond acceptors (Lipinski definition) is 3. The molecule has 0 spiro atoms. The first-order chi connectivity index (χ1) is 9.41. The molecule has 0 fully saturated rings. The van der Waals surface area contributed by atoms with Crippen LogP contribution in [-0.2, 0) is 4.79 Å². The maximum atomic E-state index is 11.9. The summed E-state index contributed by atoms with van der Waals surface area (Å²) in [6, 6.07) is 5.34. The normalized spacial score (nSPS) is 13.7. The van der Waals surface area contributed by atoms with E-state index in [0.717, 1.165) is 12.0 Å². The third kappa shape index (κ3) is 4.69. The second kappa shape index (κ2) is 7.50. The number of hydrogen-bond donors (Lipinski definition) is 2. The summed E-state index contributed by atoms with van der Waals surface area (Å²) in [5.41, 5.74) is 0.411. The van der Waals surface area contributed by atoms with E-state index in [2.05, 4.69) is 5.32 Å². The third-order valence-electron chi connectivity index (χ3n) is 3.46.